The Balaban J connectivity index is 1.78. The number of aliphatic hydroxyl groups excluding tert-OH is 1. The lowest BCUT2D eigenvalue weighted by atomic mass is 9.92. The van der Waals surface area contributed by atoms with Crippen LogP contribution in [0.15, 0.2) is 103 Å². The molecular formula is C41H55N5O5. The summed E-state index contributed by atoms with van der Waals surface area (Å²) in [6, 6.07) is 26.8. The SMILES string of the molecule is CC(C)[C@H](NC(=O)[C@H](CC(N)=O)NC(=O)[C@@H](N)CO)C(=O)NC(/C=C/C(CCCc1ccccc1)CCCc1ccccc1)Cc1ccccc1. The average molecular weight is 698 g/mol. The first-order chi connectivity index (χ1) is 24.5. The number of carbonyl (C=O) groups is 4. The number of rotatable bonds is 22. The van der Waals surface area contributed by atoms with E-state index in [4.69, 9.17) is 11.5 Å². The molecule has 0 saturated carbocycles. The molecule has 0 bridgehead atoms. The fourth-order valence-electron chi connectivity index (χ4n) is 5.92. The average Bonchev–Trinajstić information content (AvgIpc) is 3.12. The van der Waals surface area contributed by atoms with E-state index in [9.17, 15) is 24.3 Å². The molecule has 0 saturated heterocycles. The van der Waals surface area contributed by atoms with Crippen LogP contribution in [-0.4, -0.2) is 59.5 Å². The zero-order valence-corrected chi connectivity index (χ0v) is 29.9. The van der Waals surface area contributed by atoms with E-state index < -0.39 is 54.8 Å². The Morgan fingerprint density at radius 1 is 0.686 bits per heavy atom. The van der Waals surface area contributed by atoms with Gasteiger partial charge in [-0.3, -0.25) is 19.2 Å². The standard InChI is InChI=1S/C41H55N5O5/c1-29(2)38(46-40(50)36(27-37(43)48)45-39(49)35(42)28-47)41(51)44-34(26-33-18-10-5-11-19-33)25-24-32(22-12-20-30-14-6-3-7-15-30)23-13-21-31-16-8-4-9-17-31/h3-11,14-19,24-25,29,32,34-36,38,47H,12-13,20-23,26-28,42H2,1-2H3,(H2,43,48)(H,44,51)(H,45,49)(H,46,50)/b25-24+/t34?,35-,36-,38-/m0/s1. The van der Waals surface area contributed by atoms with E-state index >= 15 is 0 Å². The van der Waals surface area contributed by atoms with E-state index in [0.29, 0.717) is 12.3 Å². The van der Waals surface area contributed by atoms with Crippen molar-refractivity contribution in [3.8, 4) is 0 Å². The summed E-state index contributed by atoms with van der Waals surface area (Å²) in [7, 11) is 0. The number of nitrogens with two attached hydrogens (primary N) is 2. The molecule has 3 aromatic carbocycles. The highest BCUT2D eigenvalue weighted by atomic mass is 16.3. The molecule has 0 fully saturated rings. The molecule has 10 nitrogen and oxygen atoms in total. The third kappa shape index (κ3) is 15.3. The van der Waals surface area contributed by atoms with Crippen molar-refractivity contribution in [3.05, 3.63) is 120 Å². The number of aliphatic hydroxyl groups is 1. The normalized spacial score (nSPS) is 13.8. The highest BCUT2D eigenvalue weighted by molar-refractivity contribution is 5.95. The Morgan fingerprint density at radius 2 is 1.20 bits per heavy atom. The molecule has 0 aromatic heterocycles. The van der Waals surface area contributed by atoms with Gasteiger partial charge in [-0.05, 0) is 73.5 Å². The second kappa shape index (κ2) is 22.1. The van der Waals surface area contributed by atoms with Gasteiger partial charge in [0, 0.05) is 0 Å². The minimum absolute atomic E-state index is 0.302. The van der Waals surface area contributed by atoms with Gasteiger partial charge in [-0.25, -0.2) is 0 Å². The molecule has 51 heavy (non-hydrogen) atoms. The van der Waals surface area contributed by atoms with E-state index in [-0.39, 0.29) is 12.0 Å². The van der Waals surface area contributed by atoms with E-state index in [2.05, 4.69) is 76.6 Å². The molecular weight excluding hydrogens is 642 g/mol. The number of hydrogen-bond acceptors (Lipinski definition) is 6. The number of allylic oxidation sites excluding steroid dienone is 1. The number of amides is 4. The summed E-state index contributed by atoms with van der Waals surface area (Å²) in [6.45, 7) is 2.95. The topological polar surface area (TPSA) is 177 Å². The highest BCUT2D eigenvalue weighted by Gasteiger charge is 2.31. The van der Waals surface area contributed by atoms with Crippen molar-refractivity contribution in [2.45, 2.75) is 89.4 Å². The molecule has 4 amide bonds. The fourth-order valence-corrected chi connectivity index (χ4v) is 5.92. The van der Waals surface area contributed by atoms with Gasteiger partial charge in [0.15, 0.2) is 0 Å². The first-order valence-corrected chi connectivity index (χ1v) is 17.9. The summed E-state index contributed by atoms with van der Waals surface area (Å²) in [6.07, 6.45) is 10.4. The van der Waals surface area contributed by atoms with Gasteiger partial charge >= 0.3 is 0 Å². The van der Waals surface area contributed by atoms with Crippen molar-refractivity contribution in [3.63, 3.8) is 0 Å². The van der Waals surface area contributed by atoms with E-state index in [0.717, 1.165) is 44.1 Å². The Labute approximate surface area is 302 Å². The maximum atomic E-state index is 13.9. The Kier molecular flexibility index (Phi) is 17.6. The van der Waals surface area contributed by atoms with Gasteiger partial charge in [0.25, 0.3) is 0 Å². The van der Waals surface area contributed by atoms with Crippen LogP contribution in [0.2, 0.25) is 0 Å². The van der Waals surface area contributed by atoms with E-state index in [1.54, 1.807) is 13.8 Å². The van der Waals surface area contributed by atoms with Gasteiger partial charge in [0.05, 0.1) is 19.1 Å². The van der Waals surface area contributed by atoms with Crippen LogP contribution in [0.25, 0.3) is 0 Å². The summed E-state index contributed by atoms with van der Waals surface area (Å²) in [5, 5.41) is 17.5. The monoisotopic (exact) mass is 697 g/mol. The van der Waals surface area contributed by atoms with Crippen molar-refractivity contribution in [1.82, 2.24) is 16.0 Å². The quantitative estimate of drug-likeness (QED) is 0.0872. The molecule has 0 radical (unpaired) electrons. The summed E-state index contributed by atoms with van der Waals surface area (Å²) >= 11 is 0. The summed E-state index contributed by atoms with van der Waals surface area (Å²) in [4.78, 5) is 51.2. The minimum Gasteiger partial charge on any atom is -0.394 e. The predicted octanol–water partition coefficient (Wildman–Crippen LogP) is 3.75. The Bertz CT molecular complexity index is 1470. The summed E-state index contributed by atoms with van der Waals surface area (Å²) in [5.41, 5.74) is 14.6. The van der Waals surface area contributed by atoms with Crippen LogP contribution >= 0.6 is 0 Å². The lowest BCUT2D eigenvalue weighted by molar-refractivity contribution is -0.134. The second-order valence-electron chi connectivity index (χ2n) is 13.5. The highest BCUT2D eigenvalue weighted by Crippen LogP contribution is 2.20. The largest absolute Gasteiger partial charge is 0.394 e. The molecule has 0 aliphatic heterocycles. The lowest BCUT2D eigenvalue weighted by Gasteiger charge is -2.27. The number of aryl methyl sites for hydroxylation is 2. The van der Waals surface area contributed by atoms with Gasteiger partial charge in [-0.15, -0.1) is 0 Å². The predicted molar refractivity (Wildman–Crippen MR) is 201 cm³/mol. The van der Waals surface area contributed by atoms with Crippen LogP contribution in [0.1, 0.15) is 62.6 Å². The molecule has 4 atom stereocenters. The molecule has 0 aliphatic carbocycles. The third-order valence-electron chi connectivity index (χ3n) is 8.83. The van der Waals surface area contributed by atoms with Crippen LogP contribution in [0, 0.1) is 11.8 Å². The Hall–Kier alpha value is -4.80. The third-order valence-corrected chi connectivity index (χ3v) is 8.83. The van der Waals surface area contributed by atoms with E-state index in [1.807, 2.05) is 42.5 Å². The number of hydrogen-bond donors (Lipinski definition) is 6. The van der Waals surface area contributed by atoms with Crippen LogP contribution in [-0.2, 0) is 38.4 Å². The van der Waals surface area contributed by atoms with Crippen molar-refractivity contribution < 1.29 is 24.3 Å². The minimum atomic E-state index is -1.37. The second-order valence-corrected chi connectivity index (χ2v) is 13.5. The van der Waals surface area contributed by atoms with Gasteiger partial charge < -0.3 is 32.5 Å². The molecule has 274 valence electrons. The van der Waals surface area contributed by atoms with Gasteiger partial charge in [-0.2, -0.15) is 0 Å². The van der Waals surface area contributed by atoms with Gasteiger partial charge in [-0.1, -0.05) is 117 Å². The first kappa shape index (κ1) is 40.6. The van der Waals surface area contributed by atoms with Crippen molar-refractivity contribution in [1.29, 1.82) is 0 Å². The Morgan fingerprint density at radius 3 is 1.67 bits per heavy atom. The van der Waals surface area contributed by atoms with Crippen molar-refractivity contribution in [2.75, 3.05) is 6.61 Å². The number of carbonyl (C=O) groups excluding carboxylic acids is 4. The van der Waals surface area contributed by atoms with Crippen LogP contribution < -0.4 is 27.4 Å². The van der Waals surface area contributed by atoms with Crippen LogP contribution in [0.5, 0.6) is 0 Å². The van der Waals surface area contributed by atoms with Crippen molar-refractivity contribution >= 4 is 23.6 Å². The maximum Gasteiger partial charge on any atom is 0.243 e. The van der Waals surface area contributed by atoms with Crippen LogP contribution in [0.4, 0.5) is 0 Å². The molecule has 1 unspecified atom stereocenters. The maximum absolute atomic E-state index is 13.9. The fraction of sp³-hybridized carbons (Fsp3) is 0.415. The molecule has 0 aliphatic rings. The first-order valence-electron chi connectivity index (χ1n) is 17.9. The number of benzene rings is 3. The number of nitrogens with one attached hydrogen (secondary N) is 3. The summed E-state index contributed by atoms with van der Waals surface area (Å²) in [5.74, 6) is -2.83. The molecule has 10 heteroatoms. The molecule has 3 aromatic rings. The zero-order chi connectivity index (χ0) is 37.0. The summed E-state index contributed by atoms with van der Waals surface area (Å²) < 4.78 is 0. The lowest BCUT2D eigenvalue weighted by Crippen LogP contribution is -2.58. The number of primary amides is 1. The molecule has 0 spiro atoms. The van der Waals surface area contributed by atoms with Gasteiger partial charge in [0.2, 0.25) is 23.6 Å². The smallest absolute Gasteiger partial charge is 0.243 e. The van der Waals surface area contributed by atoms with Gasteiger partial charge in [0.1, 0.15) is 18.1 Å². The van der Waals surface area contributed by atoms with Crippen LogP contribution in [0.3, 0.4) is 0 Å². The molecule has 3 rings (SSSR count). The zero-order valence-electron chi connectivity index (χ0n) is 29.9. The molecule has 8 N–H and O–H groups in total. The van der Waals surface area contributed by atoms with E-state index in [1.165, 1.54) is 11.1 Å². The van der Waals surface area contributed by atoms with Crippen molar-refractivity contribution in [2.24, 2.45) is 23.3 Å². The molecule has 0 heterocycles.